The van der Waals surface area contributed by atoms with E-state index in [-0.39, 0.29) is 11.9 Å². The Bertz CT molecular complexity index is 391. The molecular weight excluding hydrogens is 226 g/mol. The number of nitrogens with one attached hydrogen (secondary N) is 1. The minimum absolute atomic E-state index is 0.0880. The summed E-state index contributed by atoms with van der Waals surface area (Å²) in [5, 5.41) is 7.37. The molecule has 2 rings (SSSR count). The number of aromatic nitrogens is 2. The summed E-state index contributed by atoms with van der Waals surface area (Å²) in [6.45, 7) is 3.89. The van der Waals surface area contributed by atoms with Crippen LogP contribution in [0, 0.1) is 6.92 Å². The minimum atomic E-state index is -0.220. The maximum atomic E-state index is 12.2. The Labute approximate surface area is 109 Å². The molecule has 1 fully saturated rings. The van der Waals surface area contributed by atoms with E-state index >= 15 is 0 Å². The predicted molar refractivity (Wildman–Crippen MR) is 71.3 cm³/mol. The smallest absolute Gasteiger partial charge is 0.244 e. The SMILES string of the molecule is Cc1cnn(C(C)C(=O)NC2CCCCCC2)c1. The van der Waals surface area contributed by atoms with Crippen molar-refractivity contribution in [2.24, 2.45) is 0 Å². The largest absolute Gasteiger partial charge is 0.352 e. The van der Waals surface area contributed by atoms with Crippen LogP contribution >= 0.6 is 0 Å². The van der Waals surface area contributed by atoms with Crippen LogP contribution in [0.3, 0.4) is 0 Å². The van der Waals surface area contributed by atoms with E-state index in [4.69, 9.17) is 0 Å². The molecule has 1 amide bonds. The Hall–Kier alpha value is -1.32. The molecular formula is C14H23N3O. The van der Waals surface area contributed by atoms with Crippen molar-refractivity contribution in [2.75, 3.05) is 0 Å². The van der Waals surface area contributed by atoms with Crippen LogP contribution in [0.15, 0.2) is 12.4 Å². The molecule has 4 heteroatoms. The number of rotatable bonds is 3. The molecule has 4 nitrogen and oxygen atoms in total. The van der Waals surface area contributed by atoms with Crippen LogP contribution in [-0.2, 0) is 4.79 Å². The fourth-order valence-electron chi connectivity index (χ4n) is 2.51. The second-order valence-electron chi connectivity index (χ2n) is 5.37. The molecule has 1 atom stereocenters. The van der Waals surface area contributed by atoms with Gasteiger partial charge in [0.15, 0.2) is 0 Å². The molecule has 0 bridgehead atoms. The molecule has 0 spiro atoms. The molecule has 18 heavy (non-hydrogen) atoms. The van der Waals surface area contributed by atoms with Gasteiger partial charge in [-0.2, -0.15) is 5.10 Å². The highest BCUT2D eigenvalue weighted by Gasteiger charge is 2.20. The highest BCUT2D eigenvalue weighted by atomic mass is 16.2. The lowest BCUT2D eigenvalue weighted by molar-refractivity contribution is -0.124. The first kappa shape index (κ1) is 13.1. The van der Waals surface area contributed by atoms with Crippen LogP contribution in [0.2, 0.25) is 0 Å². The summed E-state index contributed by atoms with van der Waals surface area (Å²) < 4.78 is 1.74. The quantitative estimate of drug-likeness (QED) is 0.837. The third-order valence-electron chi connectivity index (χ3n) is 3.71. The van der Waals surface area contributed by atoms with Crippen molar-refractivity contribution in [2.45, 2.75) is 64.5 Å². The van der Waals surface area contributed by atoms with Gasteiger partial charge >= 0.3 is 0 Å². The second-order valence-corrected chi connectivity index (χ2v) is 5.37. The predicted octanol–water partition coefficient (Wildman–Crippen LogP) is 2.59. The molecule has 1 aliphatic rings. The molecule has 1 unspecified atom stereocenters. The maximum absolute atomic E-state index is 12.2. The van der Waals surface area contributed by atoms with E-state index in [0.717, 1.165) is 18.4 Å². The van der Waals surface area contributed by atoms with Gasteiger partial charge in [-0.05, 0) is 32.3 Å². The van der Waals surface area contributed by atoms with Crippen LogP contribution in [-0.4, -0.2) is 21.7 Å². The summed E-state index contributed by atoms with van der Waals surface area (Å²) in [4.78, 5) is 12.2. The molecule has 1 aliphatic carbocycles. The summed E-state index contributed by atoms with van der Waals surface area (Å²) in [6, 6.07) is 0.140. The van der Waals surface area contributed by atoms with Crippen molar-refractivity contribution in [1.82, 2.24) is 15.1 Å². The zero-order chi connectivity index (χ0) is 13.0. The fraction of sp³-hybridized carbons (Fsp3) is 0.714. The third-order valence-corrected chi connectivity index (χ3v) is 3.71. The molecule has 1 aromatic heterocycles. The van der Waals surface area contributed by atoms with Crippen molar-refractivity contribution in [1.29, 1.82) is 0 Å². The minimum Gasteiger partial charge on any atom is -0.352 e. The summed E-state index contributed by atoms with van der Waals surface area (Å²) in [6.07, 6.45) is 11.0. The molecule has 1 heterocycles. The summed E-state index contributed by atoms with van der Waals surface area (Å²) in [7, 11) is 0. The molecule has 100 valence electrons. The molecule has 0 aromatic carbocycles. The van der Waals surface area contributed by atoms with E-state index in [1.165, 1.54) is 25.7 Å². The van der Waals surface area contributed by atoms with Crippen LogP contribution in [0.5, 0.6) is 0 Å². The molecule has 0 aliphatic heterocycles. The van der Waals surface area contributed by atoms with Gasteiger partial charge in [0.1, 0.15) is 6.04 Å². The molecule has 1 saturated carbocycles. The average Bonchev–Trinajstić information content (AvgIpc) is 2.62. The Morgan fingerprint density at radius 2 is 2.06 bits per heavy atom. The van der Waals surface area contributed by atoms with E-state index in [0.29, 0.717) is 6.04 Å². The summed E-state index contributed by atoms with van der Waals surface area (Å²) >= 11 is 0. The summed E-state index contributed by atoms with van der Waals surface area (Å²) in [5.41, 5.74) is 1.09. The van der Waals surface area contributed by atoms with Gasteiger partial charge in [0.05, 0.1) is 6.20 Å². The molecule has 1 aromatic rings. The first-order valence-corrected chi connectivity index (χ1v) is 6.98. The van der Waals surface area contributed by atoms with Gasteiger partial charge in [-0.25, -0.2) is 0 Å². The zero-order valence-electron chi connectivity index (χ0n) is 11.4. The topological polar surface area (TPSA) is 46.9 Å². The highest BCUT2D eigenvalue weighted by molar-refractivity contribution is 5.80. The van der Waals surface area contributed by atoms with Gasteiger partial charge in [-0.15, -0.1) is 0 Å². The zero-order valence-corrected chi connectivity index (χ0v) is 11.4. The van der Waals surface area contributed by atoms with Gasteiger partial charge < -0.3 is 5.32 Å². The number of carbonyl (C=O) groups excluding carboxylic acids is 1. The summed E-state index contributed by atoms with van der Waals surface area (Å²) in [5.74, 6) is 0.0880. The van der Waals surface area contributed by atoms with Crippen molar-refractivity contribution >= 4 is 5.91 Å². The Morgan fingerprint density at radius 3 is 2.61 bits per heavy atom. The van der Waals surface area contributed by atoms with Crippen molar-refractivity contribution < 1.29 is 4.79 Å². The Balaban J connectivity index is 1.90. The molecule has 1 N–H and O–H groups in total. The van der Waals surface area contributed by atoms with Gasteiger partial charge in [0.2, 0.25) is 5.91 Å². The van der Waals surface area contributed by atoms with Crippen LogP contribution in [0.25, 0.3) is 0 Å². The van der Waals surface area contributed by atoms with Crippen molar-refractivity contribution in [3.63, 3.8) is 0 Å². The third kappa shape index (κ3) is 3.34. The lowest BCUT2D eigenvalue weighted by Gasteiger charge is -2.19. The first-order valence-electron chi connectivity index (χ1n) is 6.98. The Morgan fingerprint density at radius 1 is 1.39 bits per heavy atom. The van der Waals surface area contributed by atoms with Gasteiger partial charge in [0.25, 0.3) is 0 Å². The van der Waals surface area contributed by atoms with Gasteiger partial charge in [-0.1, -0.05) is 25.7 Å². The van der Waals surface area contributed by atoms with E-state index in [9.17, 15) is 4.79 Å². The second kappa shape index (κ2) is 6.03. The van der Waals surface area contributed by atoms with E-state index in [1.807, 2.05) is 20.0 Å². The number of hydrogen-bond acceptors (Lipinski definition) is 2. The van der Waals surface area contributed by atoms with E-state index in [1.54, 1.807) is 10.9 Å². The Kier molecular flexibility index (Phi) is 4.39. The van der Waals surface area contributed by atoms with Crippen molar-refractivity contribution in [3.05, 3.63) is 18.0 Å². The average molecular weight is 249 g/mol. The van der Waals surface area contributed by atoms with Gasteiger partial charge in [0, 0.05) is 12.2 Å². The van der Waals surface area contributed by atoms with Crippen LogP contribution in [0.1, 0.15) is 57.1 Å². The number of amides is 1. The van der Waals surface area contributed by atoms with Crippen LogP contribution < -0.4 is 5.32 Å². The van der Waals surface area contributed by atoms with Crippen molar-refractivity contribution in [3.8, 4) is 0 Å². The fourth-order valence-corrected chi connectivity index (χ4v) is 2.51. The molecule has 0 saturated heterocycles. The molecule has 0 radical (unpaired) electrons. The normalized spacial score (nSPS) is 19.2. The number of hydrogen-bond donors (Lipinski definition) is 1. The highest BCUT2D eigenvalue weighted by Crippen LogP contribution is 2.18. The van der Waals surface area contributed by atoms with Crippen LogP contribution in [0.4, 0.5) is 0 Å². The number of nitrogens with zero attached hydrogens (tertiary/aromatic N) is 2. The van der Waals surface area contributed by atoms with E-state index in [2.05, 4.69) is 10.4 Å². The first-order chi connectivity index (χ1) is 8.66. The van der Waals surface area contributed by atoms with Gasteiger partial charge in [-0.3, -0.25) is 9.48 Å². The lowest BCUT2D eigenvalue weighted by Crippen LogP contribution is -2.38. The number of aryl methyl sites for hydroxylation is 1. The standard InChI is InChI=1S/C14H23N3O/c1-11-9-15-17(10-11)12(2)14(18)16-13-7-5-3-4-6-8-13/h9-10,12-13H,3-8H2,1-2H3,(H,16,18). The number of carbonyl (C=O) groups is 1. The lowest BCUT2D eigenvalue weighted by atomic mass is 10.1. The maximum Gasteiger partial charge on any atom is 0.244 e. The monoisotopic (exact) mass is 249 g/mol. The van der Waals surface area contributed by atoms with E-state index < -0.39 is 0 Å².